The van der Waals surface area contributed by atoms with E-state index in [1.807, 2.05) is 0 Å². The first-order valence-electron chi connectivity index (χ1n) is 11.7. The number of nitrogens with zero attached hydrogens (tertiary/aromatic N) is 3. The van der Waals surface area contributed by atoms with Gasteiger partial charge in [0.05, 0.1) is 13.1 Å². The van der Waals surface area contributed by atoms with Gasteiger partial charge in [-0.05, 0) is 43.9 Å². The molecule has 0 unspecified atom stereocenters. The first kappa shape index (κ1) is 26.4. The molecule has 0 aliphatic carbocycles. The molecule has 1 amide bonds. The quantitative estimate of drug-likeness (QED) is 0.190. The average molecular weight is 555 g/mol. The molecular formula is C24H39IN6O. The molecule has 3 N–H and O–H groups in total. The van der Waals surface area contributed by atoms with Crippen molar-refractivity contribution in [3.05, 3.63) is 42.0 Å². The minimum Gasteiger partial charge on any atom is -0.364 e. The number of aliphatic imine (C=N–C) groups is 1. The number of rotatable bonds is 9. The number of halogens is 1. The molecule has 0 atom stereocenters. The second-order valence-electron chi connectivity index (χ2n) is 8.28. The zero-order valence-electron chi connectivity index (χ0n) is 19.5. The summed E-state index contributed by atoms with van der Waals surface area (Å²) in [5.74, 6) is 1.00. The van der Waals surface area contributed by atoms with Crippen molar-refractivity contribution in [1.29, 1.82) is 0 Å². The molecule has 0 radical (unpaired) electrons. The Morgan fingerprint density at radius 3 is 2.38 bits per heavy atom. The van der Waals surface area contributed by atoms with Gasteiger partial charge < -0.3 is 20.9 Å². The predicted octanol–water partition coefficient (Wildman–Crippen LogP) is 2.73. The van der Waals surface area contributed by atoms with Gasteiger partial charge in [0.2, 0.25) is 5.91 Å². The summed E-state index contributed by atoms with van der Waals surface area (Å²) >= 11 is 0. The van der Waals surface area contributed by atoms with Crippen LogP contribution in [-0.2, 0) is 11.3 Å². The molecule has 0 aromatic heterocycles. The van der Waals surface area contributed by atoms with Crippen LogP contribution >= 0.6 is 24.0 Å². The van der Waals surface area contributed by atoms with E-state index in [-0.39, 0.29) is 29.9 Å². The van der Waals surface area contributed by atoms with E-state index in [0.29, 0.717) is 19.1 Å². The summed E-state index contributed by atoms with van der Waals surface area (Å²) in [6.45, 7) is 10.8. The van der Waals surface area contributed by atoms with Gasteiger partial charge in [-0.3, -0.25) is 9.69 Å². The minimum atomic E-state index is 0. The number of hydrogen-bond acceptors (Lipinski definition) is 4. The predicted molar refractivity (Wildman–Crippen MR) is 144 cm³/mol. The van der Waals surface area contributed by atoms with E-state index >= 15 is 0 Å². The summed E-state index contributed by atoms with van der Waals surface area (Å²) in [7, 11) is 0. The third kappa shape index (κ3) is 8.61. The van der Waals surface area contributed by atoms with Crippen molar-refractivity contribution in [2.75, 3.05) is 50.7 Å². The number of likely N-dealkylation sites (tertiary alicyclic amines) is 1. The molecule has 7 nitrogen and oxygen atoms in total. The van der Waals surface area contributed by atoms with Gasteiger partial charge >= 0.3 is 0 Å². The Morgan fingerprint density at radius 2 is 1.75 bits per heavy atom. The highest BCUT2D eigenvalue weighted by Gasteiger charge is 2.21. The maximum absolute atomic E-state index is 11.9. The van der Waals surface area contributed by atoms with Crippen molar-refractivity contribution in [2.24, 2.45) is 4.99 Å². The number of benzene rings is 1. The molecule has 8 heteroatoms. The van der Waals surface area contributed by atoms with Gasteiger partial charge in [-0.1, -0.05) is 31.2 Å². The first-order chi connectivity index (χ1) is 15.2. The number of amides is 1. The molecule has 2 aliphatic rings. The Hall–Kier alpha value is -1.81. The molecule has 1 aromatic rings. The van der Waals surface area contributed by atoms with Gasteiger partial charge in [-0.15, -0.1) is 24.0 Å². The second kappa shape index (κ2) is 14.4. The largest absolute Gasteiger partial charge is 0.364 e. The lowest BCUT2D eigenvalue weighted by atomic mass is 10.1. The van der Waals surface area contributed by atoms with Gasteiger partial charge in [0.15, 0.2) is 5.96 Å². The maximum atomic E-state index is 11.9. The molecule has 178 valence electrons. The smallest absolute Gasteiger partial charge is 0.234 e. The van der Waals surface area contributed by atoms with Crippen molar-refractivity contribution < 1.29 is 4.79 Å². The van der Waals surface area contributed by atoms with Crippen LogP contribution in [-0.4, -0.2) is 68.6 Å². The molecule has 2 aliphatic heterocycles. The van der Waals surface area contributed by atoms with Crippen molar-refractivity contribution in [3.63, 3.8) is 0 Å². The highest BCUT2D eigenvalue weighted by molar-refractivity contribution is 14.0. The summed E-state index contributed by atoms with van der Waals surface area (Å²) in [5, 5.41) is 9.91. The van der Waals surface area contributed by atoms with E-state index < -0.39 is 0 Å². The number of piperidine rings is 1. The summed E-state index contributed by atoms with van der Waals surface area (Å²) in [6, 6.07) is 9.10. The third-order valence-corrected chi connectivity index (χ3v) is 5.75. The molecule has 1 fully saturated rings. The van der Waals surface area contributed by atoms with Crippen molar-refractivity contribution >= 4 is 41.5 Å². The van der Waals surface area contributed by atoms with Crippen LogP contribution < -0.4 is 20.9 Å². The number of anilines is 1. The second-order valence-corrected chi connectivity index (χ2v) is 8.28. The lowest BCUT2D eigenvalue weighted by molar-refractivity contribution is -0.122. The van der Waals surface area contributed by atoms with Crippen LogP contribution in [0.25, 0.3) is 0 Å². The summed E-state index contributed by atoms with van der Waals surface area (Å²) in [6.07, 6.45) is 7.43. The Labute approximate surface area is 210 Å². The van der Waals surface area contributed by atoms with Crippen molar-refractivity contribution in [2.45, 2.75) is 45.7 Å². The van der Waals surface area contributed by atoms with Gasteiger partial charge in [0.25, 0.3) is 0 Å². The minimum absolute atomic E-state index is 0. The lowest BCUT2D eigenvalue weighted by Crippen LogP contribution is -2.50. The molecule has 3 rings (SSSR count). The molecule has 0 spiro atoms. The Balaban J connectivity index is 0.00000363. The van der Waals surface area contributed by atoms with E-state index in [9.17, 15) is 4.79 Å². The first-order valence-corrected chi connectivity index (χ1v) is 11.7. The highest BCUT2D eigenvalue weighted by atomic mass is 127. The monoisotopic (exact) mass is 554 g/mol. The average Bonchev–Trinajstić information content (AvgIpc) is 3.33. The van der Waals surface area contributed by atoms with Crippen LogP contribution in [0.4, 0.5) is 5.69 Å². The van der Waals surface area contributed by atoms with Crippen LogP contribution in [0.5, 0.6) is 0 Å². The van der Waals surface area contributed by atoms with Gasteiger partial charge in [0.1, 0.15) is 0 Å². The van der Waals surface area contributed by atoms with Crippen molar-refractivity contribution in [3.8, 4) is 0 Å². The third-order valence-electron chi connectivity index (χ3n) is 5.75. The summed E-state index contributed by atoms with van der Waals surface area (Å²) < 4.78 is 0. The van der Waals surface area contributed by atoms with Crippen LogP contribution in [0.1, 0.15) is 38.7 Å². The molecule has 1 aromatic carbocycles. The van der Waals surface area contributed by atoms with E-state index in [2.05, 4.69) is 76.0 Å². The number of nitrogens with one attached hydrogen (secondary N) is 3. The molecule has 2 heterocycles. The Bertz CT molecular complexity index is 735. The van der Waals surface area contributed by atoms with Crippen LogP contribution in [0.15, 0.2) is 41.4 Å². The molecule has 32 heavy (non-hydrogen) atoms. The summed E-state index contributed by atoms with van der Waals surface area (Å²) in [4.78, 5) is 21.3. The topological polar surface area (TPSA) is 72.0 Å². The zero-order chi connectivity index (χ0) is 21.9. The van der Waals surface area contributed by atoms with E-state index in [1.165, 1.54) is 11.3 Å². The highest BCUT2D eigenvalue weighted by Crippen LogP contribution is 2.18. The summed E-state index contributed by atoms with van der Waals surface area (Å²) in [5.41, 5.74) is 2.47. The SMILES string of the molecule is CCCNC(=O)CN1CCC(NC(=NCc2ccc(N3CC=CC3)cc2)NCC)CC1.I. The van der Waals surface area contributed by atoms with E-state index in [0.717, 1.165) is 64.5 Å². The fraction of sp³-hybridized carbons (Fsp3) is 0.583. The van der Waals surface area contributed by atoms with Crippen molar-refractivity contribution in [1.82, 2.24) is 20.9 Å². The maximum Gasteiger partial charge on any atom is 0.234 e. The Morgan fingerprint density at radius 1 is 1.06 bits per heavy atom. The molecular weight excluding hydrogens is 515 g/mol. The number of carbonyl (C=O) groups is 1. The zero-order valence-corrected chi connectivity index (χ0v) is 21.8. The number of hydrogen-bond donors (Lipinski definition) is 3. The fourth-order valence-corrected chi connectivity index (χ4v) is 3.94. The molecule has 1 saturated heterocycles. The molecule has 0 saturated carbocycles. The van der Waals surface area contributed by atoms with Crippen LogP contribution in [0, 0.1) is 0 Å². The van der Waals surface area contributed by atoms with E-state index in [1.54, 1.807) is 0 Å². The Kier molecular flexibility index (Phi) is 11.9. The normalized spacial score (nSPS) is 17.2. The van der Waals surface area contributed by atoms with Gasteiger partial charge in [-0.2, -0.15) is 0 Å². The van der Waals surface area contributed by atoms with Crippen LogP contribution in [0.2, 0.25) is 0 Å². The standard InChI is InChI=1S/C24H38N6O.HI/c1-3-13-26-23(31)19-29-16-11-21(12-17-29)28-24(25-4-2)27-18-20-7-9-22(10-8-20)30-14-5-6-15-30;/h5-10,21H,3-4,11-19H2,1-2H3,(H,26,31)(H2,25,27,28);1H. The lowest BCUT2D eigenvalue weighted by Gasteiger charge is -2.32. The molecule has 0 bridgehead atoms. The fourth-order valence-electron chi connectivity index (χ4n) is 3.94. The van der Waals surface area contributed by atoms with Gasteiger partial charge in [0, 0.05) is 51.0 Å². The number of carbonyl (C=O) groups excluding carboxylic acids is 1. The number of guanidine groups is 1. The van der Waals surface area contributed by atoms with E-state index in [4.69, 9.17) is 4.99 Å². The van der Waals surface area contributed by atoms with Crippen LogP contribution in [0.3, 0.4) is 0 Å². The van der Waals surface area contributed by atoms with Gasteiger partial charge in [-0.25, -0.2) is 4.99 Å².